The van der Waals surface area contributed by atoms with E-state index in [1.807, 2.05) is 0 Å². The molecule has 0 amide bonds. The summed E-state index contributed by atoms with van der Waals surface area (Å²) in [6.45, 7) is 6.31. The molecule has 0 spiro atoms. The Morgan fingerprint density at radius 1 is 0.727 bits per heavy atom. The van der Waals surface area contributed by atoms with Crippen molar-refractivity contribution in [1.29, 1.82) is 0 Å². The normalized spacial score (nSPS) is 11.4. The molecule has 0 atom stereocenters. The minimum atomic E-state index is 0.993. The number of hydrogen-bond acceptors (Lipinski definition) is 1. The molecule has 2 nitrogen and oxygen atoms in total. The zero-order chi connectivity index (χ0) is 15.3. The van der Waals surface area contributed by atoms with Crippen LogP contribution in [0, 0.1) is 20.8 Å². The van der Waals surface area contributed by atoms with E-state index >= 15 is 0 Å². The highest BCUT2D eigenvalue weighted by Crippen LogP contribution is 2.32. The number of benzene rings is 2. The van der Waals surface area contributed by atoms with Gasteiger partial charge in [-0.15, -0.1) is 0 Å². The van der Waals surface area contributed by atoms with Crippen LogP contribution in [0.15, 0.2) is 54.6 Å². The predicted octanol–water partition coefficient (Wildman–Crippen LogP) is 5.10. The van der Waals surface area contributed by atoms with Gasteiger partial charge in [0.15, 0.2) is 0 Å². The number of hydrogen-bond donors (Lipinski definition) is 0. The summed E-state index contributed by atoms with van der Waals surface area (Å²) < 4.78 is 2.27. The zero-order valence-electron chi connectivity index (χ0n) is 13.1. The molecule has 0 radical (unpaired) electrons. The standard InChI is InChI=1S/C20H18N2/c1-13-8-9-19-17(11-13)16-6-4-5-7-18(16)22(19)20-12-14(2)10-15(3)21-20/h4-12H,1-3H3. The van der Waals surface area contributed by atoms with Gasteiger partial charge in [0.2, 0.25) is 0 Å². The van der Waals surface area contributed by atoms with E-state index in [4.69, 9.17) is 4.98 Å². The monoisotopic (exact) mass is 286 g/mol. The van der Waals surface area contributed by atoms with Crippen LogP contribution in [0.25, 0.3) is 27.6 Å². The number of nitrogens with zero attached hydrogens (tertiary/aromatic N) is 2. The van der Waals surface area contributed by atoms with Crippen molar-refractivity contribution in [3.63, 3.8) is 0 Å². The number of fused-ring (bicyclic) bond motifs is 3. The van der Waals surface area contributed by atoms with Crippen molar-refractivity contribution in [2.75, 3.05) is 0 Å². The Hall–Kier alpha value is -2.61. The topological polar surface area (TPSA) is 17.8 Å². The summed E-state index contributed by atoms with van der Waals surface area (Å²) in [5.41, 5.74) is 5.99. The summed E-state index contributed by atoms with van der Waals surface area (Å²) in [5, 5.41) is 2.57. The Kier molecular flexibility index (Phi) is 2.80. The molecule has 0 aliphatic rings. The lowest BCUT2D eigenvalue weighted by atomic mass is 10.1. The molecule has 4 rings (SSSR count). The third-order valence-electron chi connectivity index (χ3n) is 4.14. The smallest absolute Gasteiger partial charge is 0.138 e. The molecule has 22 heavy (non-hydrogen) atoms. The highest BCUT2D eigenvalue weighted by molar-refractivity contribution is 6.09. The SMILES string of the molecule is Cc1cc(C)nc(-n2c3ccccc3c3cc(C)ccc32)c1. The van der Waals surface area contributed by atoms with Gasteiger partial charge in [-0.2, -0.15) is 0 Å². The van der Waals surface area contributed by atoms with Crippen molar-refractivity contribution >= 4 is 21.8 Å². The third kappa shape index (κ3) is 1.92. The predicted molar refractivity (Wildman–Crippen MR) is 92.8 cm³/mol. The van der Waals surface area contributed by atoms with Gasteiger partial charge in [0.1, 0.15) is 5.82 Å². The molecule has 0 saturated carbocycles. The van der Waals surface area contributed by atoms with Crippen molar-refractivity contribution < 1.29 is 0 Å². The van der Waals surface area contributed by atoms with Crippen LogP contribution in [-0.2, 0) is 0 Å². The van der Waals surface area contributed by atoms with Gasteiger partial charge >= 0.3 is 0 Å². The molecule has 0 N–H and O–H groups in total. The fourth-order valence-corrected chi connectivity index (χ4v) is 3.27. The van der Waals surface area contributed by atoms with Gasteiger partial charge in [-0.3, -0.25) is 4.57 Å². The minimum Gasteiger partial charge on any atom is -0.294 e. The quantitative estimate of drug-likeness (QED) is 0.476. The molecule has 4 aromatic rings. The fraction of sp³-hybridized carbons (Fsp3) is 0.150. The Balaban J connectivity index is 2.19. The lowest BCUT2D eigenvalue weighted by molar-refractivity contribution is 1.04. The lowest BCUT2D eigenvalue weighted by Gasteiger charge is -2.09. The van der Waals surface area contributed by atoms with Crippen molar-refractivity contribution in [3.8, 4) is 5.82 Å². The van der Waals surface area contributed by atoms with E-state index in [1.165, 1.54) is 32.9 Å². The summed E-state index contributed by atoms with van der Waals surface area (Å²) in [4.78, 5) is 4.76. The second-order valence-electron chi connectivity index (χ2n) is 6.02. The second-order valence-corrected chi connectivity index (χ2v) is 6.02. The van der Waals surface area contributed by atoms with Crippen LogP contribution in [0.1, 0.15) is 16.8 Å². The molecular formula is C20H18N2. The molecule has 0 aliphatic heterocycles. The first-order valence-corrected chi connectivity index (χ1v) is 7.59. The van der Waals surface area contributed by atoms with E-state index in [0.29, 0.717) is 0 Å². The molecule has 2 heterocycles. The van der Waals surface area contributed by atoms with E-state index < -0.39 is 0 Å². The van der Waals surface area contributed by atoms with Crippen LogP contribution in [-0.4, -0.2) is 9.55 Å². The highest BCUT2D eigenvalue weighted by Gasteiger charge is 2.13. The fourth-order valence-electron chi connectivity index (χ4n) is 3.27. The van der Waals surface area contributed by atoms with Crippen LogP contribution < -0.4 is 0 Å². The maximum atomic E-state index is 4.76. The Labute approximate surface area is 130 Å². The van der Waals surface area contributed by atoms with Crippen LogP contribution in [0.4, 0.5) is 0 Å². The van der Waals surface area contributed by atoms with E-state index in [0.717, 1.165) is 11.5 Å². The summed E-state index contributed by atoms with van der Waals surface area (Å²) in [5.74, 6) is 0.993. The summed E-state index contributed by atoms with van der Waals surface area (Å²) >= 11 is 0. The van der Waals surface area contributed by atoms with E-state index in [2.05, 4.69) is 79.9 Å². The highest BCUT2D eigenvalue weighted by atomic mass is 15.1. The molecule has 0 unspecified atom stereocenters. The summed E-state index contributed by atoms with van der Waals surface area (Å²) in [6, 6.07) is 19.4. The van der Waals surface area contributed by atoms with Crippen molar-refractivity contribution in [3.05, 3.63) is 71.4 Å². The van der Waals surface area contributed by atoms with Crippen LogP contribution in [0.2, 0.25) is 0 Å². The number of rotatable bonds is 1. The minimum absolute atomic E-state index is 0.993. The summed E-state index contributed by atoms with van der Waals surface area (Å²) in [6.07, 6.45) is 0. The molecule has 0 bridgehead atoms. The van der Waals surface area contributed by atoms with Crippen molar-refractivity contribution in [2.45, 2.75) is 20.8 Å². The Bertz CT molecular complexity index is 989. The van der Waals surface area contributed by atoms with Crippen LogP contribution >= 0.6 is 0 Å². The van der Waals surface area contributed by atoms with Gasteiger partial charge in [-0.1, -0.05) is 29.8 Å². The first-order chi connectivity index (χ1) is 10.6. The molecule has 2 aromatic carbocycles. The van der Waals surface area contributed by atoms with E-state index in [9.17, 15) is 0 Å². The van der Waals surface area contributed by atoms with E-state index in [1.54, 1.807) is 0 Å². The molecule has 0 aliphatic carbocycles. The van der Waals surface area contributed by atoms with E-state index in [-0.39, 0.29) is 0 Å². The number of pyridine rings is 1. The van der Waals surface area contributed by atoms with Gasteiger partial charge in [0.25, 0.3) is 0 Å². The Morgan fingerprint density at radius 3 is 2.32 bits per heavy atom. The molecule has 2 aromatic heterocycles. The van der Waals surface area contributed by atoms with Gasteiger partial charge in [0.05, 0.1) is 11.0 Å². The van der Waals surface area contributed by atoms with Crippen molar-refractivity contribution in [1.82, 2.24) is 9.55 Å². The average Bonchev–Trinajstić information content (AvgIpc) is 2.80. The second kappa shape index (κ2) is 4.70. The average molecular weight is 286 g/mol. The molecule has 0 fully saturated rings. The van der Waals surface area contributed by atoms with Gasteiger partial charge < -0.3 is 0 Å². The molecule has 0 saturated heterocycles. The van der Waals surface area contributed by atoms with Crippen molar-refractivity contribution in [2.24, 2.45) is 0 Å². The first-order valence-electron chi connectivity index (χ1n) is 7.59. The van der Waals surface area contributed by atoms with Crippen LogP contribution in [0.5, 0.6) is 0 Å². The first kappa shape index (κ1) is 13.1. The zero-order valence-corrected chi connectivity index (χ0v) is 13.1. The van der Waals surface area contributed by atoms with Gasteiger partial charge in [-0.05, 0) is 56.7 Å². The molecular weight excluding hydrogens is 268 g/mol. The maximum Gasteiger partial charge on any atom is 0.138 e. The van der Waals surface area contributed by atoms with Crippen LogP contribution in [0.3, 0.4) is 0 Å². The van der Waals surface area contributed by atoms with Gasteiger partial charge in [0, 0.05) is 16.5 Å². The van der Waals surface area contributed by atoms with Gasteiger partial charge in [-0.25, -0.2) is 4.98 Å². The number of aryl methyl sites for hydroxylation is 3. The Morgan fingerprint density at radius 2 is 1.50 bits per heavy atom. The lowest BCUT2D eigenvalue weighted by Crippen LogP contribution is -1.99. The number of aromatic nitrogens is 2. The molecule has 108 valence electrons. The third-order valence-corrected chi connectivity index (χ3v) is 4.14. The number of para-hydroxylation sites is 1. The largest absolute Gasteiger partial charge is 0.294 e. The summed E-state index contributed by atoms with van der Waals surface area (Å²) in [7, 11) is 0. The molecule has 2 heteroatoms. The maximum absolute atomic E-state index is 4.76.